The summed E-state index contributed by atoms with van der Waals surface area (Å²) in [6.07, 6.45) is -2.87. The summed E-state index contributed by atoms with van der Waals surface area (Å²) in [5.74, 6) is -0.758. The molecule has 1 saturated heterocycles. The molecule has 4 rings (SSSR count). The van der Waals surface area contributed by atoms with Crippen molar-refractivity contribution >= 4 is 28.2 Å². The van der Waals surface area contributed by atoms with Crippen molar-refractivity contribution < 1.29 is 18.0 Å². The van der Waals surface area contributed by atoms with Gasteiger partial charge in [0.1, 0.15) is 5.82 Å². The average molecular weight is 500 g/mol. The first-order valence-corrected chi connectivity index (χ1v) is 12.1. The minimum atomic E-state index is -2.87. The third-order valence-corrected chi connectivity index (χ3v) is 6.50. The normalized spacial score (nSPS) is 15.1. The summed E-state index contributed by atoms with van der Waals surface area (Å²) >= 11 is 0. The number of halogens is 3. The molecule has 192 valence electrons. The molecule has 1 atom stereocenters. The van der Waals surface area contributed by atoms with Gasteiger partial charge in [-0.3, -0.25) is 9.78 Å². The highest BCUT2D eigenvalue weighted by atomic mass is 19.3. The van der Waals surface area contributed by atoms with Crippen molar-refractivity contribution in [1.29, 1.82) is 0 Å². The molecule has 36 heavy (non-hydrogen) atoms. The van der Waals surface area contributed by atoms with Crippen LogP contribution in [0.25, 0.3) is 10.9 Å². The number of benzene rings is 2. The maximum Gasteiger partial charge on any atom is 0.266 e. The molecule has 1 N–H and O–H groups in total. The van der Waals surface area contributed by atoms with Crippen molar-refractivity contribution in [2.75, 3.05) is 57.0 Å². The number of hydrogen-bond donors (Lipinski definition) is 1. The Balaban J connectivity index is 1.57. The number of anilines is 2. The van der Waals surface area contributed by atoms with Gasteiger partial charge in [-0.05, 0) is 52.2 Å². The molecular formula is C27H32F3N5O. The molecule has 0 saturated carbocycles. The second-order valence-corrected chi connectivity index (χ2v) is 9.54. The molecule has 0 spiro atoms. The summed E-state index contributed by atoms with van der Waals surface area (Å²) in [7, 11) is 3.77. The number of carbonyl (C=O) groups is 1. The Hall–Kier alpha value is -3.33. The van der Waals surface area contributed by atoms with E-state index in [9.17, 15) is 18.0 Å². The van der Waals surface area contributed by atoms with Crippen molar-refractivity contribution in [3.05, 3.63) is 65.1 Å². The van der Waals surface area contributed by atoms with Crippen LogP contribution in [0.5, 0.6) is 0 Å². The molecule has 0 bridgehead atoms. The smallest absolute Gasteiger partial charge is 0.266 e. The van der Waals surface area contributed by atoms with Gasteiger partial charge in [-0.1, -0.05) is 18.2 Å². The van der Waals surface area contributed by atoms with Crippen LogP contribution in [-0.2, 0) is 4.79 Å². The zero-order valence-electron chi connectivity index (χ0n) is 21.1. The van der Waals surface area contributed by atoms with Gasteiger partial charge in [-0.2, -0.15) is 0 Å². The number of amides is 1. The summed E-state index contributed by atoms with van der Waals surface area (Å²) in [6, 6.07) is 11.5. The topological polar surface area (TPSA) is 51.7 Å². The van der Waals surface area contributed by atoms with Gasteiger partial charge in [0.15, 0.2) is 0 Å². The van der Waals surface area contributed by atoms with Crippen molar-refractivity contribution in [2.45, 2.75) is 26.3 Å². The number of nitrogens with zero attached hydrogens (tertiary/aromatic N) is 4. The largest absolute Gasteiger partial charge is 0.378 e. The minimum absolute atomic E-state index is 0.126. The number of pyridine rings is 1. The lowest BCUT2D eigenvalue weighted by Gasteiger charge is -2.36. The van der Waals surface area contributed by atoms with Crippen LogP contribution in [0.15, 0.2) is 42.5 Å². The van der Waals surface area contributed by atoms with Gasteiger partial charge in [-0.15, -0.1) is 0 Å². The van der Waals surface area contributed by atoms with Gasteiger partial charge >= 0.3 is 0 Å². The molecule has 1 aromatic heterocycles. The minimum Gasteiger partial charge on any atom is -0.378 e. The predicted molar refractivity (Wildman–Crippen MR) is 137 cm³/mol. The van der Waals surface area contributed by atoms with Gasteiger partial charge < -0.3 is 20.0 Å². The van der Waals surface area contributed by atoms with Crippen LogP contribution in [0.4, 0.5) is 24.5 Å². The first-order valence-electron chi connectivity index (χ1n) is 12.1. The second-order valence-electron chi connectivity index (χ2n) is 9.54. The molecule has 1 aliphatic rings. The lowest BCUT2D eigenvalue weighted by Crippen LogP contribution is -2.50. The fourth-order valence-corrected chi connectivity index (χ4v) is 4.63. The number of aryl methyl sites for hydroxylation is 1. The molecular weight excluding hydrogens is 467 g/mol. The van der Waals surface area contributed by atoms with Gasteiger partial charge in [0.25, 0.3) is 6.43 Å². The van der Waals surface area contributed by atoms with Gasteiger partial charge in [0.2, 0.25) is 5.91 Å². The van der Waals surface area contributed by atoms with Gasteiger partial charge in [0.05, 0.1) is 23.7 Å². The quantitative estimate of drug-likeness (QED) is 0.496. The molecule has 2 heterocycles. The van der Waals surface area contributed by atoms with Crippen LogP contribution in [0.2, 0.25) is 0 Å². The van der Waals surface area contributed by atoms with Crippen LogP contribution in [0.3, 0.4) is 0 Å². The maximum absolute atomic E-state index is 14.8. The fraction of sp³-hybridized carbons (Fsp3) is 0.407. The van der Waals surface area contributed by atoms with Crippen LogP contribution < -0.4 is 10.2 Å². The lowest BCUT2D eigenvalue weighted by atomic mass is 10.0. The van der Waals surface area contributed by atoms with Crippen LogP contribution in [0.1, 0.15) is 36.2 Å². The summed E-state index contributed by atoms with van der Waals surface area (Å²) < 4.78 is 41.2. The van der Waals surface area contributed by atoms with E-state index in [0.29, 0.717) is 19.6 Å². The van der Waals surface area contributed by atoms with E-state index in [4.69, 9.17) is 0 Å². The first-order chi connectivity index (χ1) is 17.1. The van der Waals surface area contributed by atoms with E-state index in [1.807, 2.05) is 55.1 Å². The van der Waals surface area contributed by atoms with Crippen molar-refractivity contribution in [3.63, 3.8) is 0 Å². The second kappa shape index (κ2) is 10.7. The zero-order chi connectivity index (χ0) is 26.0. The molecule has 2 aromatic carbocycles. The highest BCUT2D eigenvalue weighted by Crippen LogP contribution is 2.33. The fourth-order valence-electron chi connectivity index (χ4n) is 4.63. The van der Waals surface area contributed by atoms with E-state index in [0.717, 1.165) is 47.1 Å². The van der Waals surface area contributed by atoms with Crippen LogP contribution in [0, 0.1) is 12.7 Å². The number of nitrogens with one attached hydrogen (secondary N) is 1. The van der Waals surface area contributed by atoms with E-state index in [2.05, 4.69) is 15.2 Å². The number of carbonyl (C=O) groups excluding carboxylic acids is 1. The average Bonchev–Trinajstić information content (AvgIpc) is 2.83. The van der Waals surface area contributed by atoms with Gasteiger partial charge in [-0.25, -0.2) is 13.2 Å². The number of hydrogen-bond acceptors (Lipinski definition) is 5. The molecule has 1 amide bonds. The van der Waals surface area contributed by atoms with E-state index >= 15 is 0 Å². The Labute approximate surface area is 209 Å². The molecule has 0 aliphatic carbocycles. The van der Waals surface area contributed by atoms with E-state index < -0.39 is 23.8 Å². The van der Waals surface area contributed by atoms with Crippen molar-refractivity contribution in [1.82, 2.24) is 14.8 Å². The third kappa shape index (κ3) is 5.56. The number of alkyl halides is 2. The number of aromatic nitrogens is 1. The number of likely N-dealkylation sites (N-methyl/N-ethyl adjacent to an activating group) is 1. The zero-order valence-corrected chi connectivity index (χ0v) is 21.1. The lowest BCUT2D eigenvalue weighted by molar-refractivity contribution is -0.132. The van der Waals surface area contributed by atoms with Crippen molar-refractivity contribution in [3.8, 4) is 0 Å². The number of fused-ring (bicyclic) bond motifs is 1. The van der Waals surface area contributed by atoms with E-state index in [1.54, 1.807) is 6.92 Å². The highest BCUT2D eigenvalue weighted by molar-refractivity contribution is 5.94. The number of piperazine rings is 1. The predicted octanol–water partition coefficient (Wildman–Crippen LogP) is 5.00. The third-order valence-electron chi connectivity index (χ3n) is 6.50. The Morgan fingerprint density at radius 3 is 2.44 bits per heavy atom. The molecule has 3 aromatic rings. The molecule has 0 radical (unpaired) electrons. The van der Waals surface area contributed by atoms with Gasteiger partial charge in [0, 0.05) is 54.2 Å². The highest BCUT2D eigenvalue weighted by Gasteiger charge is 2.23. The molecule has 9 heteroatoms. The summed E-state index contributed by atoms with van der Waals surface area (Å²) in [6.45, 7) is 6.77. The summed E-state index contributed by atoms with van der Waals surface area (Å²) in [5, 5.41) is 4.18. The maximum atomic E-state index is 14.8. The summed E-state index contributed by atoms with van der Waals surface area (Å²) in [4.78, 5) is 23.0. The monoisotopic (exact) mass is 499 g/mol. The Kier molecular flexibility index (Phi) is 7.68. The Bertz CT molecular complexity index is 1240. The molecule has 1 aliphatic heterocycles. The van der Waals surface area contributed by atoms with Crippen LogP contribution in [-0.4, -0.2) is 67.5 Å². The van der Waals surface area contributed by atoms with E-state index in [1.165, 1.54) is 12.1 Å². The van der Waals surface area contributed by atoms with Crippen molar-refractivity contribution in [2.24, 2.45) is 0 Å². The molecule has 1 unspecified atom stereocenters. The van der Waals surface area contributed by atoms with Crippen LogP contribution >= 0.6 is 0 Å². The number of rotatable bonds is 7. The van der Waals surface area contributed by atoms with E-state index in [-0.39, 0.29) is 11.5 Å². The first kappa shape index (κ1) is 25.8. The Morgan fingerprint density at radius 2 is 1.78 bits per heavy atom. The Morgan fingerprint density at radius 1 is 1.08 bits per heavy atom. The standard InChI is InChI=1S/C27H32F3N5O/c1-17-14-24(32-18(2)20-6-5-7-21(26(20)28)27(29)30)22-15-19(8-9-23(22)31-17)34-10-12-35(13-11-34)25(36)16-33(3)4/h5-9,14-15,18,27H,10-13,16H2,1-4H3,(H,31,32). The summed E-state index contributed by atoms with van der Waals surface area (Å²) in [5.41, 5.74) is 2.94. The molecule has 6 nitrogen and oxygen atoms in total. The SMILES string of the molecule is Cc1cc(NC(C)c2cccc(C(F)F)c2F)c2cc(N3CCN(C(=O)CN(C)C)CC3)ccc2n1. The molecule has 1 fully saturated rings.